The van der Waals surface area contributed by atoms with Crippen LogP contribution in [0.1, 0.15) is 52.7 Å². The number of amidine groups is 1. The minimum Gasteiger partial charge on any atom is -0.382 e. The van der Waals surface area contributed by atoms with Crippen LogP contribution in [0, 0.1) is 26.2 Å². The molecule has 1 aliphatic carbocycles. The zero-order chi connectivity index (χ0) is 14.4. The topological polar surface area (TPSA) is 93.7 Å². The number of aryl methyl sites for hydroxylation is 2. The van der Waals surface area contributed by atoms with E-state index in [2.05, 4.69) is 10.3 Å². The van der Waals surface area contributed by atoms with Crippen LogP contribution in [-0.4, -0.2) is 20.8 Å². The maximum Gasteiger partial charge on any atom is 0.144 e. The molecule has 3 N–H and O–H groups in total. The van der Waals surface area contributed by atoms with Crippen molar-refractivity contribution in [1.82, 2.24) is 14.9 Å². The highest BCUT2D eigenvalue weighted by Crippen LogP contribution is 2.42. The highest BCUT2D eigenvalue weighted by molar-refractivity contribution is 5.94. The van der Waals surface area contributed by atoms with Crippen LogP contribution < -0.4 is 5.73 Å². The third kappa shape index (κ3) is 2.01. The number of rotatable bonds is 4. The smallest absolute Gasteiger partial charge is 0.144 e. The van der Waals surface area contributed by atoms with Gasteiger partial charge in [0.1, 0.15) is 17.3 Å². The zero-order valence-electron chi connectivity index (χ0n) is 12.0. The molecule has 0 aromatic carbocycles. The van der Waals surface area contributed by atoms with E-state index in [1.54, 1.807) is 0 Å². The van der Waals surface area contributed by atoms with Crippen molar-refractivity contribution >= 4 is 5.84 Å². The molecule has 6 nitrogen and oxygen atoms in total. The van der Waals surface area contributed by atoms with E-state index in [4.69, 9.17) is 15.7 Å². The fourth-order valence-electron chi connectivity index (χ4n) is 2.69. The molecule has 20 heavy (non-hydrogen) atoms. The normalized spacial score (nSPS) is 14.8. The predicted octanol–water partition coefficient (Wildman–Crippen LogP) is 2.01. The third-order valence-corrected chi connectivity index (χ3v) is 3.95. The third-order valence-electron chi connectivity index (χ3n) is 3.95. The van der Waals surface area contributed by atoms with Gasteiger partial charge in [-0.1, -0.05) is 5.16 Å². The van der Waals surface area contributed by atoms with Crippen molar-refractivity contribution in [3.05, 3.63) is 34.0 Å². The minimum atomic E-state index is 0.0295. The van der Waals surface area contributed by atoms with Crippen LogP contribution in [0.5, 0.6) is 0 Å². The number of nitrogens with one attached hydrogen (secondary N) is 1. The molecule has 0 aliphatic heterocycles. The van der Waals surface area contributed by atoms with E-state index in [1.165, 1.54) is 18.5 Å². The van der Waals surface area contributed by atoms with Crippen LogP contribution >= 0.6 is 0 Å². The van der Waals surface area contributed by atoms with E-state index < -0.39 is 0 Å². The molecular formula is C14H19N5O. The van der Waals surface area contributed by atoms with Crippen molar-refractivity contribution < 1.29 is 4.52 Å². The van der Waals surface area contributed by atoms with E-state index in [9.17, 15) is 0 Å². The van der Waals surface area contributed by atoms with Crippen molar-refractivity contribution in [2.24, 2.45) is 5.73 Å². The molecule has 2 aromatic rings. The first-order chi connectivity index (χ1) is 9.49. The first-order valence-electron chi connectivity index (χ1n) is 6.82. The van der Waals surface area contributed by atoms with E-state index in [0.717, 1.165) is 22.6 Å². The molecule has 0 atom stereocenters. The SMILES string of the molecule is Cc1noc(C)c1Cn1nc(C(=N)N)c(C)c1C1CC1. The lowest BCUT2D eigenvalue weighted by Crippen LogP contribution is -2.14. The van der Waals surface area contributed by atoms with E-state index >= 15 is 0 Å². The molecule has 0 bridgehead atoms. The van der Waals surface area contributed by atoms with Gasteiger partial charge in [0.2, 0.25) is 0 Å². The average molecular weight is 273 g/mol. The Morgan fingerprint density at radius 2 is 2.10 bits per heavy atom. The van der Waals surface area contributed by atoms with Gasteiger partial charge in [0.25, 0.3) is 0 Å². The lowest BCUT2D eigenvalue weighted by Gasteiger charge is -2.07. The summed E-state index contributed by atoms with van der Waals surface area (Å²) in [7, 11) is 0. The molecular weight excluding hydrogens is 254 g/mol. The van der Waals surface area contributed by atoms with Crippen molar-refractivity contribution in [1.29, 1.82) is 5.41 Å². The van der Waals surface area contributed by atoms with Crippen molar-refractivity contribution in [2.75, 3.05) is 0 Å². The summed E-state index contributed by atoms with van der Waals surface area (Å²) in [6.45, 7) is 6.47. The van der Waals surface area contributed by atoms with Crippen molar-refractivity contribution in [3.8, 4) is 0 Å². The molecule has 0 saturated heterocycles. The predicted molar refractivity (Wildman–Crippen MR) is 75.0 cm³/mol. The Labute approximate surface area is 117 Å². The summed E-state index contributed by atoms with van der Waals surface area (Å²) in [5.41, 5.74) is 10.4. The van der Waals surface area contributed by atoms with Gasteiger partial charge in [-0.2, -0.15) is 5.10 Å². The van der Waals surface area contributed by atoms with Gasteiger partial charge in [0.05, 0.1) is 12.2 Å². The Balaban J connectivity index is 2.05. The van der Waals surface area contributed by atoms with Crippen LogP contribution in [0.2, 0.25) is 0 Å². The Hall–Kier alpha value is -2.11. The Kier molecular flexibility index (Phi) is 2.88. The van der Waals surface area contributed by atoms with Crippen molar-refractivity contribution in [3.63, 3.8) is 0 Å². The van der Waals surface area contributed by atoms with Gasteiger partial charge in [-0.05, 0) is 33.6 Å². The first-order valence-corrected chi connectivity index (χ1v) is 6.82. The molecule has 1 saturated carbocycles. The number of hydrogen-bond donors (Lipinski definition) is 2. The Bertz CT molecular complexity index is 659. The van der Waals surface area contributed by atoms with Gasteiger partial charge in [-0.25, -0.2) is 0 Å². The molecule has 3 rings (SSSR count). The second kappa shape index (κ2) is 4.47. The maximum absolute atomic E-state index is 7.65. The molecule has 6 heteroatoms. The van der Waals surface area contributed by atoms with Crippen LogP contribution in [-0.2, 0) is 6.54 Å². The van der Waals surface area contributed by atoms with Gasteiger partial charge in [0, 0.05) is 22.7 Å². The van der Waals surface area contributed by atoms with Gasteiger partial charge in [0.15, 0.2) is 0 Å². The van der Waals surface area contributed by atoms with Gasteiger partial charge >= 0.3 is 0 Å². The zero-order valence-corrected chi connectivity index (χ0v) is 12.0. The lowest BCUT2D eigenvalue weighted by atomic mass is 10.1. The number of nitrogen functional groups attached to an aromatic ring is 1. The minimum absolute atomic E-state index is 0.0295. The molecule has 0 unspecified atom stereocenters. The summed E-state index contributed by atoms with van der Waals surface area (Å²) in [5, 5.41) is 16.2. The monoisotopic (exact) mass is 273 g/mol. The molecule has 106 valence electrons. The Morgan fingerprint density at radius 1 is 1.40 bits per heavy atom. The van der Waals surface area contributed by atoms with Gasteiger partial charge in [-0.15, -0.1) is 0 Å². The highest BCUT2D eigenvalue weighted by Gasteiger charge is 2.31. The number of nitrogens with two attached hydrogens (primary N) is 1. The number of hydrogen-bond acceptors (Lipinski definition) is 4. The van der Waals surface area contributed by atoms with E-state index in [1.807, 2.05) is 25.5 Å². The summed E-state index contributed by atoms with van der Waals surface area (Å²) in [4.78, 5) is 0. The van der Waals surface area contributed by atoms with Crippen LogP contribution in [0.25, 0.3) is 0 Å². The molecule has 0 spiro atoms. The molecule has 2 aromatic heterocycles. The molecule has 2 heterocycles. The molecule has 0 radical (unpaired) electrons. The lowest BCUT2D eigenvalue weighted by molar-refractivity contribution is 0.391. The second-order valence-corrected chi connectivity index (χ2v) is 5.51. The standard InChI is InChI=1S/C14H19N5O/c1-7-12(14(15)16)17-19(13(7)10-4-5-10)6-11-8(2)18-20-9(11)3/h10H,4-6H2,1-3H3,(H3,15,16). The molecule has 1 aliphatic rings. The summed E-state index contributed by atoms with van der Waals surface area (Å²) in [5.74, 6) is 1.40. The largest absolute Gasteiger partial charge is 0.382 e. The summed E-state index contributed by atoms with van der Waals surface area (Å²) in [6, 6.07) is 0. The Morgan fingerprint density at radius 3 is 2.60 bits per heavy atom. The summed E-state index contributed by atoms with van der Waals surface area (Å²) in [6.07, 6.45) is 2.37. The van der Waals surface area contributed by atoms with Crippen LogP contribution in [0.3, 0.4) is 0 Å². The number of nitrogens with zero attached hydrogens (tertiary/aromatic N) is 3. The van der Waals surface area contributed by atoms with Crippen LogP contribution in [0.4, 0.5) is 0 Å². The van der Waals surface area contributed by atoms with Crippen LogP contribution in [0.15, 0.2) is 4.52 Å². The fraction of sp³-hybridized carbons (Fsp3) is 0.500. The summed E-state index contributed by atoms with van der Waals surface area (Å²) < 4.78 is 7.18. The van der Waals surface area contributed by atoms with Gasteiger partial charge < -0.3 is 10.3 Å². The summed E-state index contributed by atoms with van der Waals surface area (Å²) >= 11 is 0. The fourth-order valence-corrected chi connectivity index (χ4v) is 2.69. The highest BCUT2D eigenvalue weighted by atomic mass is 16.5. The molecule has 1 fully saturated rings. The first kappa shape index (κ1) is 12.9. The second-order valence-electron chi connectivity index (χ2n) is 5.51. The maximum atomic E-state index is 7.65. The van der Waals surface area contributed by atoms with Gasteiger partial charge in [-0.3, -0.25) is 10.1 Å². The van der Waals surface area contributed by atoms with E-state index in [0.29, 0.717) is 18.2 Å². The average Bonchev–Trinajstić information content (AvgIpc) is 3.10. The van der Waals surface area contributed by atoms with Crippen molar-refractivity contribution in [2.45, 2.75) is 46.1 Å². The van der Waals surface area contributed by atoms with E-state index in [-0.39, 0.29) is 5.84 Å². The molecule has 0 amide bonds. The quantitative estimate of drug-likeness (QED) is 0.658. The number of aromatic nitrogens is 3.